The number of thioether (sulfide) groups is 1. The molecule has 1 amide bonds. The number of nitro benzene ring substituents is 1. The fourth-order valence-electron chi connectivity index (χ4n) is 2.86. The van der Waals surface area contributed by atoms with E-state index in [0.29, 0.717) is 38.6 Å². The minimum atomic E-state index is -0.505. The highest BCUT2D eigenvalue weighted by atomic mass is 32.2. The summed E-state index contributed by atoms with van der Waals surface area (Å²) in [6.07, 6.45) is 3.13. The summed E-state index contributed by atoms with van der Waals surface area (Å²) < 4.78 is 17.1. The average molecular weight is 473 g/mol. The number of nitro groups is 1. The van der Waals surface area contributed by atoms with Crippen LogP contribution >= 0.6 is 24.0 Å². The Morgan fingerprint density at radius 1 is 1.16 bits per heavy atom. The Morgan fingerprint density at radius 2 is 1.84 bits per heavy atom. The summed E-state index contributed by atoms with van der Waals surface area (Å²) in [5.41, 5.74) is 0.283. The van der Waals surface area contributed by atoms with E-state index >= 15 is 0 Å². The van der Waals surface area contributed by atoms with Crippen LogP contribution in [0.15, 0.2) is 60.0 Å². The van der Waals surface area contributed by atoms with Gasteiger partial charge in [-0.1, -0.05) is 42.2 Å². The molecule has 1 saturated heterocycles. The quantitative estimate of drug-likeness (QED) is 0.125. The summed E-state index contributed by atoms with van der Waals surface area (Å²) >= 11 is 6.37. The van der Waals surface area contributed by atoms with Gasteiger partial charge in [-0.15, -0.1) is 6.58 Å². The van der Waals surface area contributed by atoms with Crippen molar-refractivity contribution in [1.29, 1.82) is 0 Å². The summed E-state index contributed by atoms with van der Waals surface area (Å²) in [5, 5.41) is 11.2. The third-order valence-electron chi connectivity index (χ3n) is 4.34. The zero-order chi connectivity index (χ0) is 23.1. The van der Waals surface area contributed by atoms with E-state index in [2.05, 4.69) is 6.58 Å². The first-order valence-corrected chi connectivity index (χ1v) is 10.7. The second kappa shape index (κ2) is 10.8. The maximum absolute atomic E-state index is 12.6. The van der Waals surface area contributed by atoms with Crippen LogP contribution in [-0.4, -0.2) is 46.9 Å². The largest absolute Gasteiger partial charge is 0.493 e. The molecular weight excluding hydrogens is 452 g/mol. The van der Waals surface area contributed by atoms with Gasteiger partial charge in [0.15, 0.2) is 11.5 Å². The van der Waals surface area contributed by atoms with Crippen molar-refractivity contribution in [2.45, 2.75) is 0 Å². The standard InChI is InChI=1S/C22H20N2O6S2/c1-3-10-23-21(25)20(32-22(23)31)14-15-13-16(24(26)27)8-9-17(15)29-11-12-30-19-7-5-4-6-18(19)28-2/h3-9,13-14H,1,10-12H2,2H3/b20-14-. The fourth-order valence-corrected chi connectivity index (χ4v) is 4.13. The molecular formula is C22H20N2O6S2. The van der Waals surface area contributed by atoms with Gasteiger partial charge in [-0.3, -0.25) is 19.8 Å². The number of methoxy groups -OCH3 is 1. The van der Waals surface area contributed by atoms with Gasteiger partial charge in [0.25, 0.3) is 11.6 Å². The van der Waals surface area contributed by atoms with Gasteiger partial charge < -0.3 is 14.2 Å². The highest BCUT2D eigenvalue weighted by Gasteiger charge is 2.31. The van der Waals surface area contributed by atoms with Crippen molar-refractivity contribution in [3.8, 4) is 17.2 Å². The van der Waals surface area contributed by atoms with Crippen molar-refractivity contribution in [3.05, 3.63) is 75.7 Å². The minimum absolute atomic E-state index is 0.115. The van der Waals surface area contributed by atoms with Gasteiger partial charge in [0, 0.05) is 24.2 Å². The van der Waals surface area contributed by atoms with E-state index in [1.165, 1.54) is 23.1 Å². The van der Waals surface area contributed by atoms with Crippen LogP contribution in [0, 0.1) is 10.1 Å². The normalized spacial score (nSPS) is 14.5. The molecule has 0 bridgehead atoms. The number of benzene rings is 2. The Labute approximate surface area is 194 Å². The Bertz CT molecular complexity index is 1090. The second-order valence-electron chi connectivity index (χ2n) is 6.41. The van der Waals surface area contributed by atoms with Crippen LogP contribution in [0.25, 0.3) is 6.08 Å². The third kappa shape index (κ3) is 5.45. The molecule has 0 aliphatic carbocycles. The molecule has 32 heavy (non-hydrogen) atoms. The summed E-state index contributed by atoms with van der Waals surface area (Å²) in [5.74, 6) is 1.28. The SMILES string of the molecule is C=CCN1C(=O)/C(=C/c2cc([N+](=O)[O-])ccc2OCCOc2ccccc2OC)SC1=S. The molecule has 0 saturated carbocycles. The van der Waals surface area contributed by atoms with Crippen LogP contribution in [0.5, 0.6) is 17.2 Å². The smallest absolute Gasteiger partial charge is 0.270 e. The summed E-state index contributed by atoms with van der Waals surface area (Å²) in [4.78, 5) is 25.1. The van der Waals surface area contributed by atoms with Gasteiger partial charge in [-0.2, -0.15) is 0 Å². The number of para-hydroxylation sites is 2. The molecule has 3 rings (SSSR count). The minimum Gasteiger partial charge on any atom is -0.493 e. The molecule has 0 N–H and O–H groups in total. The Hall–Kier alpha value is -3.37. The van der Waals surface area contributed by atoms with Gasteiger partial charge in [0.05, 0.1) is 16.9 Å². The third-order valence-corrected chi connectivity index (χ3v) is 5.72. The summed E-state index contributed by atoms with van der Waals surface area (Å²) in [6, 6.07) is 11.4. The number of ether oxygens (including phenoxy) is 3. The maximum atomic E-state index is 12.6. The monoisotopic (exact) mass is 472 g/mol. The first-order valence-electron chi connectivity index (χ1n) is 9.48. The fraction of sp³-hybridized carbons (Fsp3) is 0.182. The first kappa shape index (κ1) is 23.3. The molecule has 0 unspecified atom stereocenters. The molecule has 2 aromatic carbocycles. The molecule has 1 fully saturated rings. The predicted octanol–water partition coefficient (Wildman–Crippen LogP) is 4.45. The van der Waals surface area contributed by atoms with Crippen molar-refractivity contribution >= 4 is 46.0 Å². The van der Waals surface area contributed by atoms with E-state index in [4.69, 9.17) is 26.4 Å². The first-order chi connectivity index (χ1) is 15.4. The lowest BCUT2D eigenvalue weighted by atomic mass is 10.1. The van der Waals surface area contributed by atoms with Gasteiger partial charge in [-0.05, 0) is 24.3 Å². The molecule has 10 heteroatoms. The average Bonchev–Trinajstić information content (AvgIpc) is 3.05. The maximum Gasteiger partial charge on any atom is 0.270 e. The lowest BCUT2D eigenvalue weighted by Crippen LogP contribution is -2.27. The topological polar surface area (TPSA) is 91.1 Å². The van der Waals surface area contributed by atoms with E-state index in [-0.39, 0.29) is 24.8 Å². The van der Waals surface area contributed by atoms with Crippen LogP contribution in [0.4, 0.5) is 5.69 Å². The summed E-state index contributed by atoms with van der Waals surface area (Å²) in [7, 11) is 1.56. The number of carbonyl (C=O) groups excluding carboxylic acids is 1. The zero-order valence-electron chi connectivity index (χ0n) is 17.2. The molecule has 1 heterocycles. The Morgan fingerprint density at radius 3 is 2.50 bits per heavy atom. The lowest BCUT2D eigenvalue weighted by molar-refractivity contribution is -0.384. The molecule has 0 radical (unpaired) electrons. The van der Waals surface area contributed by atoms with Crippen molar-refractivity contribution in [1.82, 2.24) is 4.90 Å². The second-order valence-corrected chi connectivity index (χ2v) is 8.08. The summed E-state index contributed by atoms with van der Waals surface area (Å²) in [6.45, 7) is 4.31. The zero-order valence-corrected chi connectivity index (χ0v) is 18.8. The van der Waals surface area contributed by atoms with Crippen LogP contribution in [0.1, 0.15) is 5.56 Å². The molecule has 0 spiro atoms. The van der Waals surface area contributed by atoms with Crippen LogP contribution in [0.3, 0.4) is 0 Å². The van der Waals surface area contributed by atoms with Gasteiger partial charge in [0.1, 0.15) is 23.3 Å². The molecule has 166 valence electrons. The molecule has 0 aromatic heterocycles. The molecule has 8 nitrogen and oxygen atoms in total. The molecule has 1 aliphatic rings. The van der Waals surface area contributed by atoms with E-state index in [1.54, 1.807) is 31.4 Å². The van der Waals surface area contributed by atoms with E-state index in [1.807, 2.05) is 12.1 Å². The number of rotatable bonds is 10. The van der Waals surface area contributed by atoms with Crippen molar-refractivity contribution < 1.29 is 23.9 Å². The molecule has 1 aliphatic heterocycles. The van der Waals surface area contributed by atoms with Gasteiger partial charge in [0.2, 0.25) is 0 Å². The lowest BCUT2D eigenvalue weighted by Gasteiger charge is -2.12. The van der Waals surface area contributed by atoms with Crippen molar-refractivity contribution in [3.63, 3.8) is 0 Å². The van der Waals surface area contributed by atoms with E-state index in [0.717, 1.165) is 11.8 Å². The van der Waals surface area contributed by atoms with Gasteiger partial charge in [-0.25, -0.2) is 0 Å². The number of hydrogen-bond acceptors (Lipinski definition) is 8. The Kier molecular flexibility index (Phi) is 7.85. The van der Waals surface area contributed by atoms with Crippen LogP contribution < -0.4 is 14.2 Å². The number of carbonyl (C=O) groups is 1. The van der Waals surface area contributed by atoms with E-state index < -0.39 is 4.92 Å². The number of nitrogens with zero attached hydrogens (tertiary/aromatic N) is 2. The predicted molar refractivity (Wildman–Crippen MR) is 127 cm³/mol. The van der Waals surface area contributed by atoms with Crippen LogP contribution in [0.2, 0.25) is 0 Å². The van der Waals surface area contributed by atoms with E-state index in [9.17, 15) is 14.9 Å². The number of thiocarbonyl (C=S) groups is 1. The highest BCUT2D eigenvalue weighted by Crippen LogP contribution is 2.35. The van der Waals surface area contributed by atoms with Crippen LogP contribution in [-0.2, 0) is 4.79 Å². The molecule has 2 aromatic rings. The highest BCUT2D eigenvalue weighted by molar-refractivity contribution is 8.26. The number of non-ortho nitro benzene ring substituents is 1. The van der Waals surface area contributed by atoms with Crippen molar-refractivity contribution in [2.75, 3.05) is 26.9 Å². The number of amides is 1. The molecule has 0 atom stereocenters. The Balaban J connectivity index is 1.76. The van der Waals surface area contributed by atoms with Crippen molar-refractivity contribution in [2.24, 2.45) is 0 Å². The van der Waals surface area contributed by atoms with Gasteiger partial charge >= 0.3 is 0 Å². The number of hydrogen-bond donors (Lipinski definition) is 0.